The molecule has 1 amide bonds. The van der Waals surface area contributed by atoms with E-state index in [2.05, 4.69) is 32.0 Å². The Kier molecular flexibility index (Phi) is 7.34. The van der Waals surface area contributed by atoms with Gasteiger partial charge in [0.25, 0.3) is 0 Å². The molecule has 0 spiro atoms. The van der Waals surface area contributed by atoms with Crippen molar-refractivity contribution in [3.05, 3.63) is 54.2 Å². The molecular formula is C21H29N5O. The summed E-state index contributed by atoms with van der Waals surface area (Å²) in [6, 6.07) is 14.0. The van der Waals surface area contributed by atoms with Gasteiger partial charge in [0, 0.05) is 23.8 Å². The van der Waals surface area contributed by atoms with E-state index in [0.717, 1.165) is 23.4 Å². The molecule has 3 N–H and O–H groups in total. The van der Waals surface area contributed by atoms with Gasteiger partial charge in [-0.05, 0) is 51.5 Å². The fourth-order valence-corrected chi connectivity index (χ4v) is 2.50. The number of guanidine groups is 1. The maximum Gasteiger partial charge on any atom is 0.239 e. The van der Waals surface area contributed by atoms with Crippen LogP contribution in [-0.4, -0.2) is 35.5 Å². The number of benzene rings is 1. The zero-order valence-electron chi connectivity index (χ0n) is 16.5. The van der Waals surface area contributed by atoms with Crippen LogP contribution in [0, 0.1) is 0 Å². The summed E-state index contributed by atoms with van der Waals surface area (Å²) in [7, 11) is 0. The molecule has 0 saturated carbocycles. The van der Waals surface area contributed by atoms with Crippen LogP contribution in [0.2, 0.25) is 0 Å². The zero-order valence-corrected chi connectivity index (χ0v) is 16.5. The lowest BCUT2D eigenvalue weighted by Gasteiger charge is -2.21. The molecule has 0 unspecified atom stereocenters. The van der Waals surface area contributed by atoms with Crippen molar-refractivity contribution in [2.24, 2.45) is 4.99 Å². The average molecular weight is 367 g/mol. The van der Waals surface area contributed by atoms with E-state index in [1.165, 1.54) is 0 Å². The van der Waals surface area contributed by atoms with Crippen molar-refractivity contribution in [2.75, 3.05) is 13.1 Å². The van der Waals surface area contributed by atoms with Gasteiger partial charge in [0.1, 0.15) is 0 Å². The summed E-state index contributed by atoms with van der Waals surface area (Å²) in [6.07, 6.45) is 1.79. The second kappa shape index (κ2) is 9.71. The maximum atomic E-state index is 12.0. The van der Waals surface area contributed by atoms with Gasteiger partial charge in [-0.2, -0.15) is 0 Å². The van der Waals surface area contributed by atoms with Crippen LogP contribution in [0.25, 0.3) is 11.3 Å². The van der Waals surface area contributed by atoms with Crippen molar-refractivity contribution in [3.8, 4) is 11.3 Å². The molecule has 144 valence electrons. The first-order chi connectivity index (χ1) is 12.9. The first kappa shape index (κ1) is 20.4. The summed E-state index contributed by atoms with van der Waals surface area (Å²) >= 11 is 0. The first-order valence-corrected chi connectivity index (χ1v) is 9.21. The SMILES string of the molecule is CCNC(=NCc1cccc(-c2ccccn2)c1)NCC(=O)NC(C)(C)C. The molecule has 27 heavy (non-hydrogen) atoms. The monoisotopic (exact) mass is 367 g/mol. The fourth-order valence-electron chi connectivity index (χ4n) is 2.50. The minimum atomic E-state index is -0.250. The molecular weight excluding hydrogens is 338 g/mol. The number of hydrogen-bond acceptors (Lipinski definition) is 3. The van der Waals surface area contributed by atoms with E-state index in [4.69, 9.17) is 0 Å². The Bertz CT molecular complexity index is 766. The number of pyridine rings is 1. The third-order valence-corrected chi connectivity index (χ3v) is 3.58. The third-order valence-electron chi connectivity index (χ3n) is 3.58. The minimum absolute atomic E-state index is 0.0646. The van der Waals surface area contributed by atoms with Crippen LogP contribution >= 0.6 is 0 Å². The van der Waals surface area contributed by atoms with Crippen molar-refractivity contribution in [1.82, 2.24) is 20.9 Å². The molecule has 0 aliphatic carbocycles. The highest BCUT2D eigenvalue weighted by molar-refractivity contribution is 5.86. The van der Waals surface area contributed by atoms with Gasteiger partial charge in [-0.15, -0.1) is 0 Å². The van der Waals surface area contributed by atoms with E-state index in [1.54, 1.807) is 6.20 Å². The molecule has 6 heteroatoms. The summed E-state index contributed by atoms with van der Waals surface area (Å²) in [6.45, 7) is 9.28. The summed E-state index contributed by atoms with van der Waals surface area (Å²) < 4.78 is 0. The predicted octanol–water partition coefficient (Wildman–Crippen LogP) is 2.72. The maximum absolute atomic E-state index is 12.0. The fraction of sp³-hybridized carbons (Fsp3) is 0.381. The zero-order chi connectivity index (χ0) is 19.7. The highest BCUT2D eigenvalue weighted by atomic mass is 16.2. The van der Waals surface area contributed by atoms with Crippen molar-refractivity contribution in [2.45, 2.75) is 39.8 Å². The molecule has 6 nitrogen and oxygen atoms in total. The Morgan fingerprint density at radius 1 is 1.11 bits per heavy atom. The lowest BCUT2D eigenvalue weighted by molar-refractivity contribution is -0.121. The van der Waals surface area contributed by atoms with Crippen LogP contribution in [0.15, 0.2) is 53.7 Å². The number of aromatic nitrogens is 1. The van der Waals surface area contributed by atoms with Gasteiger partial charge in [-0.1, -0.05) is 24.3 Å². The highest BCUT2D eigenvalue weighted by Crippen LogP contribution is 2.18. The molecule has 0 atom stereocenters. The minimum Gasteiger partial charge on any atom is -0.357 e. The van der Waals surface area contributed by atoms with Gasteiger partial charge in [0.05, 0.1) is 18.8 Å². The van der Waals surface area contributed by atoms with Crippen LogP contribution in [0.1, 0.15) is 33.3 Å². The summed E-state index contributed by atoms with van der Waals surface area (Å²) in [4.78, 5) is 20.9. The van der Waals surface area contributed by atoms with E-state index in [1.807, 2.05) is 64.1 Å². The van der Waals surface area contributed by atoms with E-state index in [9.17, 15) is 4.79 Å². The Balaban J connectivity index is 2.01. The van der Waals surface area contributed by atoms with Crippen LogP contribution in [0.5, 0.6) is 0 Å². The van der Waals surface area contributed by atoms with Gasteiger partial charge < -0.3 is 16.0 Å². The average Bonchev–Trinajstić information content (AvgIpc) is 2.63. The third kappa shape index (κ3) is 7.48. The van der Waals surface area contributed by atoms with Crippen LogP contribution in [0.4, 0.5) is 0 Å². The number of nitrogens with zero attached hydrogens (tertiary/aromatic N) is 2. The van der Waals surface area contributed by atoms with E-state index < -0.39 is 0 Å². The standard InChI is InChI=1S/C21H29N5O/c1-5-22-20(25-15-19(27)26-21(2,3)4)24-14-16-9-8-10-17(13-16)18-11-6-7-12-23-18/h6-13H,5,14-15H2,1-4H3,(H,26,27)(H2,22,24,25). The van der Waals surface area contributed by atoms with Gasteiger partial charge in [-0.25, -0.2) is 4.99 Å². The first-order valence-electron chi connectivity index (χ1n) is 9.21. The molecule has 1 heterocycles. The number of carbonyl (C=O) groups excluding carboxylic acids is 1. The molecule has 1 aromatic heterocycles. The molecule has 1 aromatic carbocycles. The molecule has 2 rings (SSSR count). The Morgan fingerprint density at radius 2 is 1.93 bits per heavy atom. The molecule has 0 bridgehead atoms. The van der Waals surface area contributed by atoms with Gasteiger partial charge in [0.15, 0.2) is 5.96 Å². The number of hydrogen-bond donors (Lipinski definition) is 3. The predicted molar refractivity (Wildman–Crippen MR) is 110 cm³/mol. The van der Waals surface area contributed by atoms with Gasteiger partial charge in [0.2, 0.25) is 5.91 Å². The Hall–Kier alpha value is -2.89. The quantitative estimate of drug-likeness (QED) is 0.542. The van der Waals surface area contributed by atoms with E-state index >= 15 is 0 Å². The van der Waals surface area contributed by atoms with Gasteiger partial charge >= 0.3 is 0 Å². The molecule has 0 aliphatic rings. The van der Waals surface area contributed by atoms with Crippen molar-refractivity contribution in [3.63, 3.8) is 0 Å². The normalized spacial score (nSPS) is 11.8. The molecule has 2 aromatic rings. The summed E-state index contributed by atoms with van der Waals surface area (Å²) in [5.74, 6) is 0.551. The van der Waals surface area contributed by atoms with E-state index in [-0.39, 0.29) is 18.0 Å². The smallest absolute Gasteiger partial charge is 0.239 e. The number of nitrogens with one attached hydrogen (secondary N) is 3. The van der Waals surface area contributed by atoms with Crippen molar-refractivity contribution >= 4 is 11.9 Å². The molecule has 0 saturated heterocycles. The lowest BCUT2D eigenvalue weighted by atomic mass is 10.1. The number of amides is 1. The molecule has 0 radical (unpaired) electrons. The topological polar surface area (TPSA) is 78.4 Å². The van der Waals surface area contributed by atoms with Crippen molar-refractivity contribution < 1.29 is 4.79 Å². The van der Waals surface area contributed by atoms with Gasteiger partial charge in [-0.3, -0.25) is 9.78 Å². The number of rotatable bonds is 6. The largest absolute Gasteiger partial charge is 0.357 e. The number of aliphatic imine (C=N–C) groups is 1. The summed E-state index contributed by atoms with van der Waals surface area (Å²) in [5.41, 5.74) is 2.83. The van der Waals surface area contributed by atoms with Crippen molar-refractivity contribution in [1.29, 1.82) is 0 Å². The lowest BCUT2D eigenvalue weighted by Crippen LogP contribution is -2.48. The summed E-state index contributed by atoms with van der Waals surface area (Å²) in [5, 5.41) is 9.16. The molecule has 0 aliphatic heterocycles. The number of carbonyl (C=O) groups is 1. The second-order valence-electron chi connectivity index (χ2n) is 7.26. The van der Waals surface area contributed by atoms with Crippen LogP contribution in [-0.2, 0) is 11.3 Å². The van der Waals surface area contributed by atoms with E-state index in [0.29, 0.717) is 12.5 Å². The highest BCUT2D eigenvalue weighted by Gasteiger charge is 2.13. The molecule has 0 fully saturated rings. The van der Waals surface area contributed by atoms with Crippen LogP contribution in [0.3, 0.4) is 0 Å². The Morgan fingerprint density at radius 3 is 2.59 bits per heavy atom. The van der Waals surface area contributed by atoms with Crippen LogP contribution < -0.4 is 16.0 Å². The Labute approximate surface area is 161 Å². The second-order valence-corrected chi connectivity index (χ2v) is 7.26.